The minimum Gasteiger partial charge on any atom is -0.392 e. The molecule has 3 rings (SSSR count). The molecule has 1 aliphatic rings. The van der Waals surface area contributed by atoms with Crippen molar-refractivity contribution in [3.63, 3.8) is 0 Å². The second kappa shape index (κ2) is 5.64. The van der Waals surface area contributed by atoms with Crippen molar-refractivity contribution in [1.29, 1.82) is 0 Å². The van der Waals surface area contributed by atoms with Gasteiger partial charge in [-0.15, -0.1) is 0 Å². The number of morpholine rings is 1. The fourth-order valence-corrected chi connectivity index (χ4v) is 2.64. The number of carbonyl (C=O) groups is 1. The van der Waals surface area contributed by atoms with Crippen LogP contribution in [0.15, 0.2) is 30.5 Å². The number of aliphatic hydroxyl groups is 1. The quantitative estimate of drug-likeness (QED) is 0.908. The summed E-state index contributed by atoms with van der Waals surface area (Å²) in [7, 11) is 0. The molecule has 2 heterocycles. The first kappa shape index (κ1) is 13.1. The van der Waals surface area contributed by atoms with E-state index in [-0.39, 0.29) is 12.5 Å². The third-order valence-corrected chi connectivity index (χ3v) is 3.71. The summed E-state index contributed by atoms with van der Waals surface area (Å²) in [5.74, 6) is 0.0959. The van der Waals surface area contributed by atoms with Gasteiger partial charge in [-0.05, 0) is 6.07 Å². The fraction of sp³-hybridized carbons (Fsp3) is 0.400. The average Bonchev–Trinajstić information content (AvgIpc) is 2.86. The Balaban J connectivity index is 1.85. The van der Waals surface area contributed by atoms with Crippen molar-refractivity contribution in [2.75, 3.05) is 26.3 Å². The number of aromatic nitrogens is 1. The van der Waals surface area contributed by atoms with Gasteiger partial charge < -0.3 is 19.3 Å². The number of hydrogen-bond donors (Lipinski definition) is 1. The summed E-state index contributed by atoms with van der Waals surface area (Å²) >= 11 is 0. The Kier molecular flexibility index (Phi) is 3.71. The van der Waals surface area contributed by atoms with Gasteiger partial charge in [0.2, 0.25) is 5.91 Å². The van der Waals surface area contributed by atoms with E-state index >= 15 is 0 Å². The van der Waals surface area contributed by atoms with E-state index in [1.165, 1.54) is 0 Å². The van der Waals surface area contributed by atoms with Gasteiger partial charge in [0, 0.05) is 35.8 Å². The molecule has 1 aliphatic heterocycles. The zero-order valence-electron chi connectivity index (χ0n) is 11.3. The monoisotopic (exact) mass is 274 g/mol. The summed E-state index contributed by atoms with van der Waals surface area (Å²) in [5.41, 5.74) is 1.84. The van der Waals surface area contributed by atoms with Crippen LogP contribution < -0.4 is 0 Å². The molecule has 1 aromatic carbocycles. The smallest absolute Gasteiger partial charge is 0.242 e. The first-order chi connectivity index (χ1) is 9.79. The van der Waals surface area contributed by atoms with Crippen LogP contribution in [0.25, 0.3) is 10.9 Å². The predicted molar refractivity (Wildman–Crippen MR) is 75.3 cm³/mol. The first-order valence-electron chi connectivity index (χ1n) is 6.82. The van der Waals surface area contributed by atoms with E-state index in [1.54, 1.807) is 0 Å². The number of carbonyl (C=O) groups excluding carboxylic acids is 1. The zero-order chi connectivity index (χ0) is 13.9. The maximum absolute atomic E-state index is 12.3. The zero-order valence-corrected chi connectivity index (χ0v) is 11.3. The molecule has 106 valence electrons. The molecule has 1 saturated heterocycles. The predicted octanol–water partition coefficient (Wildman–Crippen LogP) is 0.992. The van der Waals surface area contributed by atoms with Crippen molar-refractivity contribution in [3.8, 4) is 0 Å². The first-order valence-corrected chi connectivity index (χ1v) is 6.82. The van der Waals surface area contributed by atoms with E-state index in [0.29, 0.717) is 32.8 Å². The summed E-state index contributed by atoms with van der Waals surface area (Å²) in [5, 5.41) is 10.4. The number of rotatable bonds is 3. The summed E-state index contributed by atoms with van der Waals surface area (Å²) in [6.07, 6.45) is 1.86. The summed E-state index contributed by atoms with van der Waals surface area (Å²) < 4.78 is 7.17. The lowest BCUT2D eigenvalue weighted by molar-refractivity contribution is -0.135. The number of ether oxygens (including phenoxy) is 1. The van der Waals surface area contributed by atoms with Gasteiger partial charge in [-0.3, -0.25) is 4.79 Å². The van der Waals surface area contributed by atoms with Crippen LogP contribution in [0.1, 0.15) is 5.56 Å². The Morgan fingerprint density at radius 2 is 2.00 bits per heavy atom. The van der Waals surface area contributed by atoms with E-state index in [0.717, 1.165) is 16.5 Å². The van der Waals surface area contributed by atoms with Crippen LogP contribution in [0.2, 0.25) is 0 Å². The van der Waals surface area contributed by atoms with Crippen LogP contribution in [0.4, 0.5) is 0 Å². The lowest BCUT2D eigenvalue weighted by atomic mass is 10.2. The molecule has 0 unspecified atom stereocenters. The van der Waals surface area contributed by atoms with Crippen LogP contribution in [-0.4, -0.2) is 46.8 Å². The van der Waals surface area contributed by atoms with Gasteiger partial charge in [0.05, 0.1) is 19.8 Å². The van der Waals surface area contributed by atoms with Gasteiger partial charge in [-0.25, -0.2) is 0 Å². The second-order valence-corrected chi connectivity index (χ2v) is 4.95. The molecule has 1 amide bonds. The highest BCUT2D eigenvalue weighted by atomic mass is 16.5. The normalized spacial score (nSPS) is 15.8. The fourth-order valence-electron chi connectivity index (χ4n) is 2.64. The number of hydrogen-bond acceptors (Lipinski definition) is 3. The van der Waals surface area contributed by atoms with Crippen molar-refractivity contribution in [2.45, 2.75) is 13.2 Å². The standard InChI is InChI=1S/C15H18N2O3/c18-11-12-9-17(14-4-2-1-3-13(12)14)10-15(19)16-5-7-20-8-6-16/h1-4,9,18H,5-8,10-11H2. The highest BCUT2D eigenvalue weighted by molar-refractivity contribution is 5.86. The Morgan fingerprint density at radius 1 is 1.25 bits per heavy atom. The van der Waals surface area contributed by atoms with Crippen LogP contribution in [0.5, 0.6) is 0 Å². The molecule has 0 radical (unpaired) electrons. The van der Waals surface area contributed by atoms with Gasteiger partial charge >= 0.3 is 0 Å². The molecule has 5 heteroatoms. The molecule has 2 aromatic rings. The highest BCUT2D eigenvalue weighted by Gasteiger charge is 2.18. The molecule has 0 aliphatic carbocycles. The van der Waals surface area contributed by atoms with Gasteiger partial charge in [-0.2, -0.15) is 0 Å². The minimum atomic E-state index is -0.0146. The van der Waals surface area contributed by atoms with Gasteiger partial charge in [0.1, 0.15) is 6.54 Å². The Labute approximate surface area is 117 Å². The van der Waals surface area contributed by atoms with Crippen molar-refractivity contribution in [1.82, 2.24) is 9.47 Å². The average molecular weight is 274 g/mol. The van der Waals surface area contributed by atoms with Gasteiger partial charge in [-0.1, -0.05) is 18.2 Å². The number of fused-ring (bicyclic) bond motifs is 1. The van der Waals surface area contributed by atoms with E-state index in [1.807, 2.05) is 39.9 Å². The van der Waals surface area contributed by atoms with Crippen molar-refractivity contribution in [3.05, 3.63) is 36.0 Å². The Morgan fingerprint density at radius 3 is 2.75 bits per heavy atom. The SMILES string of the molecule is O=C(Cn1cc(CO)c2ccccc21)N1CCOCC1. The topological polar surface area (TPSA) is 54.7 Å². The van der Waals surface area contributed by atoms with E-state index in [2.05, 4.69) is 0 Å². The molecular formula is C15H18N2O3. The molecule has 0 atom stereocenters. The lowest BCUT2D eigenvalue weighted by Gasteiger charge is -2.27. The molecule has 1 aromatic heterocycles. The number of aliphatic hydroxyl groups excluding tert-OH is 1. The number of para-hydroxylation sites is 1. The molecule has 20 heavy (non-hydrogen) atoms. The summed E-state index contributed by atoms with van der Waals surface area (Å²) in [4.78, 5) is 14.1. The van der Waals surface area contributed by atoms with Crippen LogP contribution in [0, 0.1) is 0 Å². The number of amides is 1. The summed E-state index contributed by atoms with van der Waals surface area (Å²) in [6, 6.07) is 7.83. The molecule has 0 spiro atoms. The highest BCUT2D eigenvalue weighted by Crippen LogP contribution is 2.21. The molecule has 0 saturated carbocycles. The maximum atomic E-state index is 12.3. The van der Waals surface area contributed by atoms with Crippen LogP contribution in [-0.2, 0) is 22.7 Å². The number of nitrogens with zero attached hydrogens (tertiary/aromatic N) is 2. The third kappa shape index (κ3) is 2.42. The second-order valence-electron chi connectivity index (χ2n) is 4.95. The number of benzene rings is 1. The Bertz CT molecular complexity index is 615. The van der Waals surface area contributed by atoms with Crippen LogP contribution >= 0.6 is 0 Å². The van der Waals surface area contributed by atoms with E-state index in [9.17, 15) is 9.90 Å². The molecule has 1 N–H and O–H groups in total. The maximum Gasteiger partial charge on any atom is 0.242 e. The van der Waals surface area contributed by atoms with Crippen LogP contribution in [0.3, 0.4) is 0 Å². The minimum absolute atomic E-state index is 0.0146. The van der Waals surface area contributed by atoms with Gasteiger partial charge in [0.15, 0.2) is 0 Å². The van der Waals surface area contributed by atoms with Crippen molar-refractivity contribution < 1.29 is 14.6 Å². The van der Waals surface area contributed by atoms with E-state index < -0.39 is 0 Å². The Hall–Kier alpha value is -1.85. The third-order valence-electron chi connectivity index (χ3n) is 3.71. The van der Waals surface area contributed by atoms with Crippen molar-refractivity contribution in [2.24, 2.45) is 0 Å². The summed E-state index contributed by atoms with van der Waals surface area (Å²) in [6.45, 7) is 2.83. The molecular weight excluding hydrogens is 256 g/mol. The van der Waals surface area contributed by atoms with E-state index in [4.69, 9.17) is 4.74 Å². The molecule has 1 fully saturated rings. The molecule has 5 nitrogen and oxygen atoms in total. The van der Waals surface area contributed by atoms with Crippen molar-refractivity contribution >= 4 is 16.8 Å². The molecule has 0 bridgehead atoms. The van der Waals surface area contributed by atoms with Gasteiger partial charge in [0.25, 0.3) is 0 Å². The largest absolute Gasteiger partial charge is 0.392 e. The lowest BCUT2D eigenvalue weighted by Crippen LogP contribution is -2.42.